The van der Waals surface area contributed by atoms with Gasteiger partial charge in [0.15, 0.2) is 0 Å². The first-order valence-corrected chi connectivity index (χ1v) is 9.81. The molecular formula is C20H16BrClN4O2. The molecule has 1 atom stereocenters. The van der Waals surface area contributed by atoms with Gasteiger partial charge in [0.25, 0.3) is 5.91 Å². The van der Waals surface area contributed by atoms with Gasteiger partial charge in [-0.15, -0.1) is 0 Å². The van der Waals surface area contributed by atoms with E-state index >= 15 is 0 Å². The molecule has 0 fully saturated rings. The number of nitrogens with zero attached hydrogens (tertiary/aromatic N) is 2. The van der Waals surface area contributed by atoms with Gasteiger partial charge in [0.1, 0.15) is 11.9 Å². The van der Waals surface area contributed by atoms with Crippen molar-refractivity contribution in [1.29, 1.82) is 0 Å². The van der Waals surface area contributed by atoms with E-state index in [0.29, 0.717) is 16.5 Å². The maximum Gasteiger partial charge on any atom is 0.251 e. The van der Waals surface area contributed by atoms with Gasteiger partial charge < -0.3 is 10.6 Å². The zero-order chi connectivity index (χ0) is 19.8. The Hall–Kier alpha value is -2.64. The van der Waals surface area contributed by atoms with Crippen molar-refractivity contribution in [2.24, 2.45) is 0 Å². The van der Waals surface area contributed by atoms with Gasteiger partial charge in [-0.1, -0.05) is 39.7 Å². The Balaban J connectivity index is 1.58. The third kappa shape index (κ3) is 3.55. The van der Waals surface area contributed by atoms with Crippen LogP contribution in [0.5, 0.6) is 0 Å². The summed E-state index contributed by atoms with van der Waals surface area (Å²) < 4.78 is 2.51. The summed E-state index contributed by atoms with van der Waals surface area (Å²) in [6, 6.07) is 13.9. The fourth-order valence-corrected chi connectivity index (χ4v) is 3.75. The SMILES string of the molecule is Cc1nn2c(c1-c1cccc(Cl)c1)NC(=O)C2CC(=O)Nc1ccc(Br)cc1. The maximum absolute atomic E-state index is 12.5. The van der Waals surface area contributed by atoms with E-state index < -0.39 is 6.04 Å². The molecule has 1 aromatic heterocycles. The number of hydrogen-bond donors (Lipinski definition) is 2. The second-order valence-electron chi connectivity index (χ2n) is 6.53. The number of anilines is 2. The normalized spacial score (nSPS) is 15.2. The monoisotopic (exact) mass is 458 g/mol. The van der Waals surface area contributed by atoms with Crippen LogP contribution in [0.25, 0.3) is 11.1 Å². The summed E-state index contributed by atoms with van der Waals surface area (Å²) in [6.07, 6.45) is -0.00893. The molecule has 28 heavy (non-hydrogen) atoms. The predicted molar refractivity (Wildman–Crippen MR) is 112 cm³/mol. The Kier molecular flexibility index (Phi) is 4.95. The Morgan fingerprint density at radius 3 is 2.75 bits per heavy atom. The molecule has 2 amide bonds. The van der Waals surface area contributed by atoms with Gasteiger partial charge in [-0.2, -0.15) is 5.10 Å². The number of aromatic nitrogens is 2. The average molecular weight is 460 g/mol. The first-order chi connectivity index (χ1) is 13.4. The molecule has 0 spiro atoms. The number of fused-ring (bicyclic) bond motifs is 1. The number of aryl methyl sites for hydroxylation is 1. The number of hydrogen-bond acceptors (Lipinski definition) is 3. The van der Waals surface area contributed by atoms with Crippen LogP contribution >= 0.6 is 27.5 Å². The molecule has 0 radical (unpaired) electrons. The van der Waals surface area contributed by atoms with Gasteiger partial charge in [-0.25, -0.2) is 4.68 Å². The molecule has 2 heterocycles. The third-order valence-corrected chi connectivity index (χ3v) is 5.31. The molecule has 4 rings (SSSR count). The first kappa shape index (κ1) is 18.7. The molecule has 8 heteroatoms. The van der Waals surface area contributed by atoms with Crippen LogP contribution in [0, 0.1) is 6.92 Å². The molecule has 1 aliphatic rings. The number of nitrogens with one attached hydrogen (secondary N) is 2. The van der Waals surface area contributed by atoms with Crippen molar-refractivity contribution in [2.75, 3.05) is 10.6 Å². The highest BCUT2D eigenvalue weighted by Crippen LogP contribution is 2.38. The first-order valence-electron chi connectivity index (χ1n) is 8.63. The minimum atomic E-state index is -0.697. The molecule has 0 saturated heterocycles. The number of benzene rings is 2. The quantitative estimate of drug-likeness (QED) is 0.588. The minimum Gasteiger partial charge on any atom is -0.326 e. The van der Waals surface area contributed by atoms with Crippen LogP contribution in [0.2, 0.25) is 5.02 Å². The lowest BCUT2D eigenvalue weighted by Crippen LogP contribution is -2.23. The Labute approximate surface area is 175 Å². The molecule has 6 nitrogen and oxygen atoms in total. The Morgan fingerprint density at radius 2 is 2.04 bits per heavy atom. The molecule has 0 saturated carbocycles. The number of rotatable bonds is 4. The van der Waals surface area contributed by atoms with E-state index in [9.17, 15) is 9.59 Å². The van der Waals surface area contributed by atoms with Crippen LogP contribution in [0.1, 0.15) is 18.2 Å². The molecule has 2 aromatic carbocycles. The predicted octanol–water partition coefficient (Wildman–Crippen LogP) is 4.80. The topological polar surface area (TPSA) is 76.0 Å². The van der Waals surface area contributed by atoms with Crippen LogP contribution in [-0.2, 0) is 9.59 Å². The molecule has 0 bridgehead atoms. The zero-order valence-electron chi connectivity index (χ0n) is 14.9. The lowest BCUT2D eigenvalue weighted by atomic mass is 10.1. The van der Waals surface area contributed by atoms with Crippen molar-refractivity contribution in [3.8, 4) is 11.1 Å². The summed E-state index contributed by atoms with van der Waals surface area (Å²) in [5.74, 6) is 0.0794. The van der Waals surface area contributed by atoms with Gasteiger partial charge in [0, 0.05) is 20.7 Å². The fourth-order valence-electron chi connectivity index (χ4n) is 3.29. The summed E-state index contributed by atoms with van der Waals surface area (Å²) >= 11 is 9.46. The van der Waals surface area contributed by atoms with Crippen molar-refractivity contribution >= 4 is 50.9 Å². The van der Waals surface area contributed by atoms with Gasteiger partial charge >= 0.3 is 0 Å². The van der Waals surface area contributed by atoms with Gasteiger partial charge in [-0.05, 0) is 48.9 Å². The average Bonchev–Trinajstić information content (AvgIpc) is 3.11. The maximum atomic E-state index is 12.5. The summed E-state index contributed by atoms with van der Waals surface area (Å²) in [7, 11) is 0. The van der Waals surface area contributed by atoms with Crippen molar-refractivity contribution < 1.29 is 9.59 Å². The van der Waals surface area contributed by atoms with Crippen LogP contribution in [0.3, 0.4) is 0 Å². The van der Waals surface area contributed by atoms with Crippen LogP contribution in [0.15, 0.2) is 53.0 Å². The molecule has 0 aliphatic carbocycles. The highest BCUT2D eigenvalue weighted by atomic mass is 79.9. The second-order valence-corrected chi connectivity index (χ2v) is 7.88. The highest BCUT2D eigenvalue weighted by Gasteiger charge is 2.36. The number of halogens is 2. The van der Waals surface area contributed by atoms with Gasteiger partial charge in [-0.3, -0.25) is 9.59 Å². The summed E-state index contributed by atoms with van der Waals surface area (Å²) in [5, 5.41) is 10.8. The summed E-state index contributed by atoms with van der Waals surface area (Å²) in [5.41, 5.74) is 3.11. The van der Waals surface area contributed by atoms with Crippen LogP contribution in [-0.4, -0.2) is 21.6 Å². The smallest absolute Gasteiger partial charge is 0.251 e. The fraction of sp³-hybridized carbons (Fsp3) is 0.150. The van der Waals surface area contributed by atoms with E-state index in [0.717, 1.165) is 21.3 Å². The molecular weight excluding hydrogens is 444 g/mol. The minimum absolute atomic E-state index is 0.00893. The van der Waals surface area contributed by atoms with Crippen molar-refractivity contribution in [2.45, 2.75) is 19.4 Å². The Bertz CT molecular complexity index is 1080. The van der Waals surface area contributed by atoms with E-state index in [1.54, 1.807) is 22.9 Å². The molecule has 1 unspecified atom stereocenters. The highest BCUT2D eigenvalue weighted by molar-refractivity contribution is 9.10. The Morgan fingerprint density at radius 1 is 1.29 bits per heavy atom. The van der Waals surface area contributed by atoms with Crippen LogP contribution < -0.4 is 10.6 Å². The van der Waals surface area contributed by atoms with E-state index in [4.69, 9.17) is 11.6 Å². The van der Waals surface area contributed by atoms with Gasteiger partial charge in [0.2, 0.25) is 5.91 Å². The van der Waals surface area contributed by atoms with Gasteiger partial charge in [0.05, 0.1) is 12.1 Å². The number of amides is 2. The van der Waals surface area contributed by atoms with Crippen LogP contribution in [0.4, 0.5) is 11.5 Å². The standard InChI is InChI=1S/C20H16BrClN4O2/c1-11-18(12-3-2-4-14(22)9-12)19-24-20(28)16(26(19)25-11)10-17(27)23-15-7-5-13(21)6-8-15/h2-9,16H,10H2,1H3,(H,23,27)(H,24,28). The molecule has 2 N–H and O–H groups in total. The van der Waals surface area contributed by atoms with Crippen molar-refractivity contribution in [3.05, 3.63) is 63.7 Å². The number of carbonyl (C=O) groups excluding carboxylic acids is 2. The van der Waals surface area contributed by atoms with Crippen molar-refractivity contribution in [1.82, 2.24) is 9.78 Å². The lowest BCUT2D eigenvalue weighted by molar-refractivity contribution is -0.123. The lowest BCUT2D eigenvalue weighted by Gasteiger charge is -2.10. The van der Waals surface area contributed by atoms with Crippen molar-refractivity contribution in [3.63, 3.8) is 0 Å². The van der Waals surface area contributed by atoms with E-state index in [-0.39, 0.29) is 18.2 Å². The summed E-state index contributed by atoms with van der Waals surface area (Å²) in [6.45, 7) is 1.87. The van der Waals surface area contributed by atoms with E-state index in [2.05, 4.69) is 31.7 Å². The molecule has 3 aromatic rings. The third-order valence-electron chi connectivity index (χ3n) is 4.54. The second kappa shape index (κ2) is 7.41. The van der Waals surface area contributed by atoms with E-state index in [1.807, 2.05) is 37.3 Å². The molecule has 1 aliphatic heterocycles. The van der Waals surface area contributed by atoms with E-state index in [1.165, 1.54) is 0 Å². The largest absolute Gasteiger partial charge is 0.326 e. The summed E-state index contributed by atoms with van der Waals surface area (Å²) in [4.78, 5) is 25.0. The number of carbonyl (C=O) groups is 2. The molecule has 142 valence electrons. The zero-order valence-corrected chi connectivity index (χ0v) is 17.2.